The Morgan fingerprint density at radius 2 is 1.92 bits per heavy atom. The number of amides is 1. The molecule has 0 bridgehead atoms. The predicted octanol–water partition coefficient (Wildman–Crippen LogP) is 2.71. The number of anilines is 2. The average molecular weight is 370 g/mol. The number of benzene rings is 1. The van der Waals surface area contributed by atoms with Crippen molar-refractivity contribution in [1.82, 2.24) is 9.88 Å². The van der Waals surface area contributed by atoms with Crippen LogP contribution in [0, 0.1) is 17.5 Å². The molecule has 1 aromatic heterocycles. The molecule has 0 saturated carbocycles. The number of nitrogens with zero attached hydrogens (tertiary/aromatic N) is 3. The molecule has 1 N–H and O–H groups in total. The van der Waals surface area contributed by atoms with Crippen LogP contribution in [-0.2, 0) is 4.79 Å². The molecule has 25 heavy (non-hydrogen) atoms. The zero-order chi connectivity index (χ0) is 18.0. The van der Waals surface area contributed by atoms with E-state index in [0.29, 0.717) is 13.1 Å². The molecule has 3 rings (SSSR count). The van der Waals surface area contributed by atoms with Gasteiger partial charge in [-0.1, -0.05) is 0 Å². The molecule has 9 heteroatoms. The van der Waals surface area contributed by atoms with Gasteiger partial charge in [0.15, 0.2) is 22.6 Å². The third-order valence-corrected chi connectivity index (χ3v) is 5.06. The fourth-order valence-electron chi connectivity index (χ4n) is 2.70. The SMILES string of the molecule is CC(C(=O)Nc1ccc(F)c(F)c1F)N1CCN(c2nccs2)CC1. The summed E-state index contributed by atoms with van der Waals surface area (Å²) < 4.78 is 39.9. The third kappa shape index (κ3) is 3.77. The number of nitrogens with one attached hydrogen (secondary N) is 1. The fraction of sp³-hybridized carbons (Fsp3) is 0.375. The number of thiazole rings is 1. The zero-order valence-electron chi connectivity index (χ0n) is 13.5. The maximum atomic E-state index is 13.7. The normalized spacial score (nSPS) is 16.7. The smallest absolute Gasteiger partial charge is 0.241 e. The van der Waals surface area contributed by atoms with Crippen LogP contribution in [0.15, 0.2) is 23.7 Å². The first-order valence-corrected chi connectivity index (χ1v) is 8.68. The third-order valence-electron chi connectivity index (χ3n) is 4.22. The molecule has 1 amide bonds. The number of piperazine rings is 1. The molecule has 0 radical (unpaired) electrons. The predicted molar refractivity (Wildman–Crippen MR) is 90.3 cm³/mol. The van der Waals surface area contributed by atoms with Gasteiger partial charge in [0.2, 0.25) is 5.91 Å². The minimum Gasteiger partial charge on any atom is -0.346 e. The van der Waals surface area contributed by atoms with Crippen LogP contribution in [0.1, 0.15) is 6.92 Å². The average Bonchev–Trinajstić information content (AvgIpc) is 3.16. The van der Waals surface area contributed by atoms with Crippen molar-refractivity contribution < 1.29 is 18.0 Å². The van der Waals surface area contributed by atoms with Crippen LogP contribution in [0.5, 0.6) is 0 Å². The standard InChI is InChI=1S/C16H17F3N4OS/c1-10(15(24)21-12-3-2-11(17)13(18)14(12)19)22-5-7-23(8-6-22)16-20-4-9-25-16/h2-4,9-10H,5-8H2,1H3,(H,21,24). The second kappa shape index (κ2) is 7.40. The van der Waals surface area contributed by atoms with Gasteiger partial charge in [0.05, 0.1) is 11.7 Å². The summed E-state index contributed by atoms with van der Waals surface area (Å²) in [6.07, 6.45) is 1.75. The van der Waals surface area contributed by atoms with Crippen LogP contribution in [0.25, 0.3) is 0 Å². The van der Waals surface area contributed by atoms with E-state index in [4.69, 9.17) is 0 Å². The summed E-state index contributed by atoms with van der Waals surface area (Å²) in [4.78, 5) is 20.7. The van der Waals surface area contributed by atoms with Crippen molar-refractivity contribution in [2.75, 3.05) is 36.4 Å². The van der Waals surface area contributed by atoms with Gasteiger partial charge in [-0.15, -0.1) is 11.3 Å². The van der Waals surface area contributed by atoms with E-state index in [1.165, 1.54) is 0 Å². The second-order valence-electron chi connectivity index (χ2n) is 5.73. The van der Waals surface area contributed by atoms with E-state index >= 15 is 0 Å². The number of hydrogen-bond donors (Lipinski definition) is 1. The summed E-state index contributed by atoms with van der Waals surface area (Å²) in [6, 6.07) is 1.27. The van der Waals surface area contributed by atoms with Crippen molar-refractivity contribution >= 4 is 28.1 Å². The highest BCUT2D eigenvalue weighted by Crippen LogP contribution is 2.22. The molecule has 1 aliphatic heterocycles. The van der Waals surface area contributed by atoms with E-state index < -0.39 is 29.4 Å². The molecule has 2 heterocycles. The maximum Gasteiger partial charge on any atom is 0.241 e. The fourth-order valence-corrected chi connectivity index (χ4v) is 3.39. The lowest BCUT2D eigenvalue weighted by Crippen LogP contribution is -2.52. The van der Waals surface area contributed by atoms with E-state index in [2.05, 4.69) is 15.2 Å². The monoisotopic (exact) mass is 370 g/mol. The molecule has 1 saturated heterocycles. The number of halogens is 3. The van der Waals surface area contributed by atoms with Crippen LogP contribution < -0.4 is 10.2 Å². The number of carbonyl (C=O) groups is 1. The Kier molecular flexibility index (Phi) is 5.24. The van der Waals surface area contributed by atoms with Gasteiger partial charge in [0.1, 0.15) is 0 Å². The lowest BCUT2D eigenvalue weighted by molar-refractivity contribution is -0.120. The van der Waals surface area contributed by atoms with Gasteiger partial charge in [0.25, 0.3) is 0 Å². The van der Waals surface area contributed by atoms with Crippen molar-refractivity contribution in [3.63, 3.8) is 0 Å². The quantitative estimate of drug-likeness (QED) is 0.841. The van der Waals surface area contributed by atoms with Crippen molar-refractivity contribution in [2.45, 2.75) is 13.0 Å². The molecule has 1 aliphatic rings. The summed E-state index contributed by atoms with van der Waals surface area (Å²) in [5.74, 6) is -4.74. The van der Waals surface area contributed by atoms with Gasteiger partial charge in [-0.2, -0.15) is 0 Å². The molecule has 1 aromatic carbocycles. The van der Waals surface area contributed by atoms with Crippen LogP contribution in [0.2, 0.25) is 0 Å². The summed E-state index contributed by atoms with van der Waals surface area (Å²) in [6.45, 7) is 4.45. The highest BCUT2D eigenvalue weighted by molar-refractivity contribution is 7.13. The summed E-state index contributed by atoms with van der Waals surface area (Å²) in [5, 5.41) is 5.18. The first kappa shape index (κ1) is 17.7. The molecular weight excluding hydrogens is 353 g/mol. The lowest BCUT2D eigenvalue weighted by atomic mass is 10.2. The van der Waals surface area contributed by atoms with E-state index in [1.54, 1.807) is 24.5 Å². The largest absolute Gasteiger partial charge is 0.346 e. The molecule has 134 valence electrons. The van der Waals surface area contributed by atoms with Gasteiger partial charge in [-0.05, 0) is 19.1 Å². The highest BCUT2D eigenvalue weighted by Gasteiger charge is 2.27. The Labute approximate surface area is 147 Å². The lowest BCUT2D eigenvalue weighted by Gasteiger charge is -2.37. The van der Waals surface area contributed by atoms with Crippen molar-refractivity contribution in [3.05, 3.63) is 41.2 Å². The van der Waals surface area contributed by atoms with Crippen LogP contribution in [0.4, 0.5) is 24.0 Å². The van der Waals surface area contributed by atoms with Crippen molar-refractivity contribution in [3.8, 4) is 0 Å². The van der Waals surface area contributed by atoms with Crippen LogP contribution in [0.3, 0.4) is 0 Å². The molecule has 1 atom stereocenters. The van der Waals surface area contributed by atoms with E-state index in [-0.39, 0.29) is 5.69 Å². The number of carbonyl (C=O) groups excluding carboxylic acids is 1. The Morgan fingerprint density at radius 3 is 2.56 bits per heavy atom. The molecule has 0 aliphatic carbocycles. The summed E-state index contributed by atoms with van der Waals surface area (Å²) >= 11 is 1.56. The first-order valence-electron chi connectivity index (χ1n) is 7.80. The van der Waals surface area contributed by atoms with E-state index in [1.807, 2.05) is 10.3 Å². The molecule has 0 spiro atoms. The molecule has 2 aromatic rings. The Balaban J connectivity index is 1.59. The highest BCUT2D eigenvalue weighted by atomic mass is 32.1. The number of hydrogen-bond acceptors (Lipinski definition) is 5. The zero-order valence-corrected chi connectivity index (χ0v) is 14.3. The molecule has 1 unspecified atom stereocenters. The Morgan fingerprint density at radius 1 is 1.20 bits per heavy atom. The Hall–Kier alpha value is -2.13. The molecule has 1 fully saturated rings. The van der Waals surface area contributed by atoms with Crippen molar-refractivity contribution in [2.24, 2.45) is 0 Å². The molecule has 5 nitrogen and oxygen atoms in total. The van der Waals surface area contributed by atoms with Gasteiger partial charge < -0.3 is 10.2 Å². The maximum absolute atomic E-state index is 13.7. The van der Waals surface area contributed by atoms with Crippen LogP contribution in [-0.4, -0.2) is 48.0 Å². The number of aromatic nitrogens is 1. The van der Waals surface area contributed by atoms with E-state index in [9.17, 15) is 18.0 Å². The van der Waals surface area contributed by atoms with Gasteiger partial charge >= 0.3 is 0 Å². The van der Waals surface area contributed by atoms with Crippen molar-refractivity contribution in [1.29, 1.82) is 0 Å². The molecular formula is C16H17F3N4OS. The van der Waals surface area contributed by atoms with E-state index in [0.717, 1.165) is 30.4 Å². The number of rotatable bonds is 4. The summed E-state index contributed by atoms with van der Waals surface area (Å²) in [7, 11) is 0. The van der Waals surface area contributed by atoms with Crippen LogP contribution >= 0.6 is 11.3 Å². The first-order chi connectivity index (χ1) is 12.0. The Bertz CT molecular complexity index is 748. The van der Waals surface area contributed by atoms with Gasteiger partial charge in [-0.25, -0.2) is 18.2 Å². The minimum absolute atomic E-state index is 0.364. The second-order valence-corrected chi connectivity index (χ2v) is 6.60. The van der Waals surface area contributed by atoms with Gasteiger partial charge in [0, 0.05) is 37.8 Å². The summed E-state index contributed by atoms with van der Waals surface area (Å²) in [5.41, 5.74) is -0.364. The minimum atomic E-state index is -1.59. The topological polar surface area (TPSA) is 48.5 Å². The van der Waals surface area contributed by atoms with Gasteiger partial charge in [-0.3, -0.25) is 9.69 Å².